The molecule has 0 fully saturated rings. The van der Waals surface area contributed by atoms with Gasteiger partial charge in [-0.15, -0.1) is 0 Å². The molecule has 0 aliphatic carbocycles. The van der Waals surface area contributed by atoms with Gasteiger partial charge in [-0.2, -0.15) is 5.10 Å². The topological polar surface area (TPSA) is 54.7 Å². The predicted molar refractivity (Wildman–Crippen MR) is 57.9 cm³/mol. The molecule has 3 nitrogen and oxygen atoms in total. The molecule has 0 aliphatic heterocycles. The highest BCUT2D eigenvalue weighted by Crippen LogP contribution is 2.22. The van der Waals surface area contributed by atoms with E-state index in [-0.39, 0.29) is 0 Å². The van der Waals surface area contributed by atoms with Crippen molar-refractivity contribution < 1.29 is 0 Å². The van der Waals surface area contributed by atoms with Gasteiger partial charge < -0.3 is 5.73 Å². The van der Waals surface area contributed by atoms with Crippen molar-refractivity contribution >= 4 is 5.69 Å². The summed E-state index contributed by atoms with van der Waals surface area (Å²) in [4.78, 5) is 0. The van der Waals surface area contributed by atoms with Gasteiger partial charge in [0, 0.05) is 11.3 Å². The van der Waals surface area contributed by atoms with Gasteiger partial charge >= 0.3 is 0 Å². The molecule has 2 rings (SSSR count). The number of aromatic amines is 1. The molecule has 14 heavy (non-hydrogen) atoms. The van der Waals surface area contributed by atoms with Crippen molar-refractivity contribution in [3.8, 4) is 11.3 Å². The van der Waals surface area contributed by atoms with Crippen molar-refractivity contribution in [2.24, 2.45) is 0 Å². The zero-order valence-corrected chi connectivity index (χ0v) is 8.33. The van der Waals surface area contributed by atoms with Crippen LogP contribution in [0.4, 0.5) is 5.69 Å². The molecule has 0 aliphatic rings. The summed E-state index contributed by atoms with van der Waals surface area (Å²) in [7, 11) is 0. The van der Waals surface area contributed by atoms with Gasteiger partial charge in [-0.05, 0) is 31.5 Å². The summed E-state index contributed by atoms with van der Waals surface area (Å²) >= 11 is 0. The molecular weight excluding hydrogens is 174 g/mol. The van der Waals surface area contributed by atoms with Crippen molar-refractivity contribution in [3.63, 3.8) is 0 Å². The molecule has 0 radical (unpaired) electrons. The first kappa shape index (κ1) is 8.81. The van der Waals surface area contributed by atoms with E-state index in [1.165, 1.54) is 0 Å². The lowest BCUT2D eigenvalue weighted by atomic mass is 10.1. The Hall–Kier alpha value is -1.77. The first-order chi connectivity index (χ1) is 6.66. The van der Waals surface area contributed by atoms with E-state index in [0.29, 0.717) is 0 Å². The molecule has 2 aromatic rings. The zero-order valence-electron chi connectivity index (χ0n) is 8.33. The monoisotopic (exact) mass is 187 g/mol. The summed E-state index contributed by atoms with van der Waals surface area (Å²) in [5, 5.41) is 7.04. The highest BCUT2D eigenvalue weighted by molar-refractivity contribution is 5.66. The summed E-state index contributed by atoms with van der Waals surface area (Å²) in [6.07, 6.45) is 0. The number of nitrogen functional groups attached to an aromatic ring is 1. The quantitative estimate of drug-likeness (QED) is 0.673. The lowest BCUT2D eigenvalue weighted by Crippen LogP contribution is -1.89. The number of aromatic nitrogens is 2. The number of H-pyrrole nitrogens is 1. The molecular formula is C11H13N3. The minimum Gasteiger partial charge on any atom is -0.398 e. The average Bonchev–Trinajstić information content (AvgIpc) is 2.57. The van der Waals surface area contributed by atoms with Crippen LogP contribution in [0.1, 0.15) is 11.3 Å². The van der Waals surface area contributed by atoms with Crippen LogP contribution in [0.2, 0.25) is 0 Å². The molecule has 0 atom stereocenters. The van der Waals surface area contributed by atoms with E-state index in [1.807, 2.05) is 38.1 Å². The van der Waals surface area contributed by atoms with Crippen molar-refractivity contribution in [2.75, 3.05) is 5.73 Å². The largest absolute Gasteiger partial charge is 0.398 e. The number of benzene rings is 1. The zero-order chi connectivity index (χ0) is 10.1. The number of hydrogen-bond acceptors (Lipinski definition) is 2. The van der Waals surface area contributed by atoms with Gasteiger partial charge in [-0.25, -0.2) is 0 Å². The molecule has 1 heterocycles. The number of aryl methyl sites for hydroxylation is 2. The van der Waals surface area contributed by atoms with Crippen LogP contribution in [0.15, 0.2) is 24.3 Å². The number of rotatable bonds is 1. The Kier molecular flexibility index (Phi) is 2.00. The Morgan fingerprint density at radius 1 is 1.21 bits per heavy atom. The third-order valence-corrected chi connectivity index (χ3v) is 2.30. The average molecular weight is 187 g/mol. The van der Waals surface area contributed by atoms with Crippen molar-refractivity contribution in [1.82, 2.24) is 10.2 Å². The summed E-state index contributed by atoms with van der Waals surface area (Å²) in [5.41, 5.74) is 10.8. The molecule has 0 unspecified atom stereocenters. The van der Waals surface area contributed by atoms with Crippen molar-refractivity contribution in [3.05, 3.63) is 35.5 Å². The fourth-order valence-corrected chi connectivity index (χ4v) is 1.38. The fourth-order valence-electron chi connectivity index (χ4n) is 1.38. The van der Waals surface area contributed by atoms with Crippen LogP contribution in [0, 0.1) is 13.8 Å². The third-order valence-electron chi connectivity index (χ3n) is 2.30. The van der Waals surface area contributed by atoms with Gasteiger partial charge in [-0.3, -0.25) is 5.10 Å². The predicted octanol–water partition coefficient (Wildman–Crippen LogP) is 2.28. The fraction of sp³-hybridized carbons (Fsp3) is 0.182. The second kappa shape index (κ2) is 3.18. The van der Waals surface area contributed by atoms with E-state index < -0.39 is 0 Å². The number of nitrogens with one attached hydrogen (secondary N) is 1. The Bertz CT molecular complexity index is 457. The second-order valence-electron chi connectivity index (χ2n) is 3.49. The Morgan fingerprint density at radius 2 is 2.00 bits per heavy atom. The number of anilines is 1. The lowest BCUT2D eigenvalue weighted by molar-refractivity contribution is 1.05. The molecule has 0 saturated heterocycles. The smallest absolute Gasteiger partial charge is 0.0653 e. The maximum atomic E-state index is 5.83. The Morgan fingerprint density at radius 3 is 2.57 bits per heavy atom. The minimum absolute atomic E-state index is 0.815. The van der Waals surface area contributed by atoms with Gasteiger partial charge in [0.2, 0.25) is 0 Å². The number of hydrogen-bond donors (Lipinski definition) is 2. The van der Waals surface area contributed by atoms with Crippen LogP contribution in [0.25, 0.3) is 11.3 Å². The van der Waals surface area contributed by atoms with Crippen LogP contribution in [0.3, 0.4) is 0 Å². The van der Waals surface area contributed by atoms with Gasteiger partial charge in [-0.1, -0.05) is 12.1 Å². The normalized spacial score (nSPS) is 10.4. The van der Waals surface area contributed by atoms with E-state index in [0.717, 1.165) is 28.2 Å². The Balaban J connectivity index is 2.47. The van der Waals surface area contributed by atoms with E-state index >= 15 is 0 Å². The number of nitrogens with zero attached hydrogens (tertiary/aromatic N) is 1. The van der Waals surface area contributed by atoms with Crippen LogP contribution >= 0.6 is 0 Å². The molecule has 0 saturated carbocycles. The molecule has 0 amide bonds. The maximum absolute atomic E-state index is 5.83. The number of nitrogens with two attached hydrogens (primary N) is 1. The van der Waals surface area contributed by atoms with Gasteiger partial charge in [0.05, 0.1) is 11.4 Å². The van der Waals surface area contributed by atoms with E-state index in [2.05, 4.69) is 10.2 Å². The first-order valence-electron chi connectivity index (χ1n) is 4.55. The summed E-state index contributed by atoms with van der Waals surface area (Å²) in [6, 6.07) is 8.02. The van der Waals surface area contributed by atoms with Crippen LogP contribution in [0.5, 0.6) is 0 Å². The van der Waals surface area contributed by atoms with Crippen molar-refractivity contribution in [1.29, 1.82) is 0 Å². The van der Waals surface area contributed by atoms with Crippen LogP contribution < -0.4 is 5.73 Å². The standard InChI is InChI=1S/C11H13N3/c1-7-3-4-9(6-10(7)12)11-5-8(2)13-14-11/h3-6H,12H2,1-2H3,(H,13,14). The molecule has 1 aromatic carbocycles. The molecule has 0 bridgehead atoms. The van der Waals surface area contributed by atoms with Crippen LogP contribution in [-0.2, 0) is 0 Å². The molecule has 3 heteroatoms. The molecule has 72 valence electrons. The Labute approximate surface area is 83.0 Å². The minimum atomic E-state index is 0.815. The molecule has 1 aromatic heterocycles. The SMILES string of the molecule is Cc1cc(-c2ccc(C)c(N)c2)[nH]n1. The summed E-state index contributed by atoms with van der Waals surface area (Å²) < 4.78 is 0. The first-order valence-corrected chi connectivity index (χ1v) is 4.55. The van der Waals surface area contributed by atoms with Crippen molar-refractivity contribution in [2.45, 2.75) is 13.8 Å². The third kappa shape index (κ3) is 1.48. The van der Waals surface area contributed by atoms with Gasteiger partial charge in [0.15, 0.2) is 0 Å². The highest BCUT2D eigenvalue weighted by atomic mass is 15.1. The maximum Gasteiger partial charge on any atom is 0.0653 e. The van der Waals surface area contributed by atoms with Gasteiger partial charge in [0.1, 0.15) is 0 Å². The summed E-state index contributed by atoms with van der Waals surface area (Å²) in [6.45, 7) is 3.95. The lowest BCUT2D eigenvalue weighted by Gasteiger charge is -2.02. The van der Waals surface area contributed by atoms with E-state index in [9.17, 15) is 0 Å². The van der Waals surface area contributed by atoms with E-state index in [4.69, 9.17) is 5.73 Å². The highest BCUT2D eigenvalue weighted by Gasteiger charge is 2.02. The molecule has 0 spiro atoms. The van der Waals surface area contributed by atoms with Gasteiger partial charge in [0.25, 0.3) is 0 Å². The summed E-state index contributed by atoms with van der Waals surface area (Å²) in [5.74, 6) is 0. The van der Waals surface area contributed by atoms with E-state index in [1.54, 1.807) is 0 Å². The molecule has 3 N–H and O–H groups in total. The second-order valence-corrected chi connectivity index (χ2v) is 3.49. The van der Waals surface area contributed by atoms with Crippen LogP contribution in [-0.4, -0.2) is 10.2 Å².